The maximum Gasteiger partial charge on any atom is 0.409 e. The minimum absolute atomic E-state index is 0.0642. The lowest BCUT2D eigenvalue weighted by Gasteiger charge is -2.36. The Bertz CT molecular complexity index is 688. The second-order valence-corrected chi connectivity index (χ2v) is 5.99. The van der Waals surface area contributed by atoms with Crippen LogP contribution in [0.3, 0.4) is 0 Å². The summed E-state index contributed by atoms with van der Waals surface area (Å²) in [7, 11) is 0. The first kappa shape index (κ1) is 17.3. The van der Waals surface area contributed by atoms with Crippen LogP contribution in [-0.4, -0.2) is 66.5 Å². The van der Waals surface area contributed by atoms with Crippen molar-refractivity contribution in [2.45, 2.75) is 19.4 Å². The molecule has 134 valence electrons. The summed E-state index contributed by atoms with van der Waals surface area (Å²) in [5.74, 6) is -1.18. The molecule has 1 aromatic rings. The summed E-state index contributed by atoms with van der Waals surface area (Å²) >= 11 is 0. The number of piperazine rings is 1. The molecule has 2 aliphatic rings. The average Bonchev–Trinajstić information content (AvgIpc) is 2.90. The fourth-order valence-electron chi connectivity index (χ4n) is 3.22. The van der Waals surface area contributed by atoms with E-state index >= 15 is 0 Å². The van der Waals surface area contributed by atoms with Crippen molar-refractivity contribution in [2.24, 2.45) is 0 Å². The molecule has 2 heterocycles. The molecular formula is C17H20FN3O4. The third-order valence-electron chi connectivity index (χ3n) is 4.47. The lowest BCUT2D eigenvalue weighted by molar-refractivity contribution is -0.123. The second kappa shape index (κ2) is 7.18. The number of anilines is 1. The number of carbonyl (C=O) groups is 3. The summed E-state index contributed by atoms with van der Waals surface area (Å²) < 4.78 is 18.4. The lowest BCUT2D eigenvalue weighted by Crippen LogP contribution is -2.54. The molecule has 2 aliphatic heterocycles. The predicted octanol–water partition coefficient (Wildman–Crippen LogP) is 1.23. The van der Waals surface area contributed by atoms with Gasteiger partial charge in [0.25, 0.3) is 5.91 Å². The Balaban J connectivity index is 1.66. The first-order valence-corrected chi connectivity index (χ1v) is 8.29. The zero-order chi connectivity index (χ0) is 18.0. The largest absolute Gasteiger partial charge is 0.450 e. The van der Waals surface area contributed by atoms with Gasteiger partial charge < -0.3 is 9.64 Å². The van der Waals surface area contributed by atoms with Gasteiger partial charge in [0.15, 0.2) is 0 Å². The summed E-state index contributed by atoms with van der Waals surface area (Å²) in [5.41, 5.74) is 0.252. The van der Waals surface area contributed by atoms with Crippen molar-refractivity contribution in [3.63, 3.8) is 0 Å². The van der Waals surface area contributed by atoms with Crippen LogP contribution in [-0.2, 0) is 14.3 Å². The molecule has 0 bridgehead atoms. The first-order chi connectivity index (χ1) is 12.0. The zero-order valence-corrected chi connectivity index (χ0v) is 14.0. The zero-order valence-electron chi connectivity index (χ0n) is 14.0. The van der Waals surface area contributed by atoms with Crippen LogP contribution in [0.25, 0.3) is 0 Å². The maximum absolute atomic E-state index is 13.4. The van der Waals surface area contributed by atoms with Gasteiger partial charge in [-0.05, 0) is 25.1 Å². The van der Waals surface area contributed by atoms with Crippen LogP contribution in [0.15, 0.2) is 24.3 Å². The van der Waals surface area contributed by atoms with Crippen LogP contribution >= 0.6 is 0 Å². The van der Waals surface area contributed by atoms with Gasteiger partial charge in [-0.25, -0.2) is 14.1 Å². The van der Waals surface area contributed by atoms with E-state index in [0.29, 0.717) is 32.8 Å². The normalized spacial score (nSPS) is 21.8. The number of rotatable bonds is 3. The standard InChI is InChI=1S/C17H20FN3O4/c1-2-25-17(24)20-8-6-19(7-9-20)14-11-15(22)21(16(14)23)13-5-3-4-12(18)10-13/h3-5,10,14H,2,6-9,11H2,1H3. The smallest absolute Gasteiger partial charge is 0.409 e. The van der Waals surface area contributed by atoms with Crippen molar-refractivity contribution in [1.29, 1.82) is 0 Å². The van der Waals surface area contributed by atoms with Gasteiger partial charge in [0.2, 0.25) is 5.91 Å². The Morgan fingerprint density at radius 3 is 2.60 bits per heavy atom. The highest BCUT2D eigenvalue weighted by Crippen LogP contribution is 2.26. The van der Waals surface area contributed by atoms with Crippen molar-refractivity contribution in [3.8, 4) is 0 Å². The van der Waals surface area contributed by atoms with Crippen LogP contribution < -0.4 is 4.90 Å². The van der Waals surface area contributed by atoms with E-state index in [4.69, 9.17) is 4.74 Å². The highest BCUT2D eigenvalue weighted by molar-refractivity contribution is 6.22. The van der Waals surface area contributed by atoms with E-state index in [1.54, 1.807) is 17.9 Å². The van der Waals surface area contributed by atoms with Crippen LogP contribution in [0, 0.1) is 5.82 Å². The quantitative estimate of drug-likeness (QED) is 0.768. The predicted molar refractivity (Wildman–Crippen MR) is 87.5 cm³/mol. The Kier molecular flexibility index (Phi) is 4.98. The van der Waals surface area contributed by atoms with Gasteiger partial charge in [-0.3, -0.25) is 14.5 Å². The number of nitrogens with zero attached hydrogens (tertiary/aromatic N) is 3. The molecule has 0 aliphatic carbocycles. The third-order valence-corrected chi connectivity index (χ3v) is 4.47. The number of halogens is 1. The van der Waals surface area contributed by atoms with Crippen molar-refractivity contribution in [2.75, 3.05) is 37.7 Å². The molecule has 7 nitrogen and oxygen atoms in total. The summed E-state index contributed by atoms with van der Waals surface area (Å²) in [4.78, 5) is 41.2. The number of imide groups is 1. The summed E-state index contributed by atoms with van der Waals surface area (Å²) in [6, 6.07) is 4.88. The van der Waals surface area contributed by atoms with E-state index < -0.39 is 11.9 Å². The summed E-state index contributed by atoms with van der Waals surface area (Å²) in [6.45, 7) is 3.92. The molecule has 0 radical (unpaired) electrons. The molecule has 3 amide bonds. The Morgan fingerprint density at radius 1 is 1.24 bits per heavy atom. The minimum atomic E-state index is -0.569. The van der Waals surface area contributed by atoms with E-state index in [9.17, 15) is 18.8 Å². The number of ether oxygens (including phenoxy) is 1. The molecule has 2 fully saturated rings. The van der Waals surface area contributed by atoms with Gasteiger partial charge in [-0.2, -0.15) is 0 Å². The molecule has 2 saturated heterocycles. The molecule has 25 heavy (non-hydrogen) atoms. The van der Waals surface area contributed by atoms with Crippen molar-refractivity contribution < 1.29 is 23.5 Å². The fraction of sp³-hybridized carbons (Fsp3) is 0.471. The van der Waals surface area contributed by atoms with Crippen LogP contribution in [0.1, 0.15) is 13.3 Å². The molecule has 8 heteroatoms. The molecule has 3 rings (SSSR count). The Morgan fingerprint density at radius 2 is 1.96 bits per heavy atom. The van der Waals surface area contributed by atoms with Crippen molar-refractivity contribution >= 4 is 23.6 Å². The van der Waals surface area contributed by atoms with Gasteiger partial charge in [-0.1, -0.05) is 6.07 Å². The van der Waals surface area contributed by atoms with Gasteiger partial charge in [-0.15, -0.1) is 0 Å². The maximum atomic E-state index is 13.4. The van der Waals surface area contributed by atoms with E-state index in [0.717, 1.165) is 4.90 Å². The van der Waals surface area contributed by atoms with E-state index in [2.05, 4.69) is 0 Å². The van der Waals surface area contributed by atoms with E-state index in [1.807, 2.05) is 4.90 Å². The number of amides is 3. The molecule has 1 atom stereocenters. The number of hydrogen-bond donors (Lipinski definition) is 0. The number of benzene rings is 1. The molecule has 0 spiro atoms. The van der Waals surface area contributed by atoms with Gasteiger partial charge in [0, 0.05) is 26.2 Å². The molecule has 0 aromatic heterocycles. The third kappa shape index (κ3) is 3.48. The molecule has 0 N–H and O–H groups in total. The van der Waals surface area contributed by atoms with Crippen molar-refractivity contribution in [3.05, 3.63) is 30.1 Å². The topological polar surface area (TPSA) is 70.2 Å². The second-order valence-electron chi connectivity index (χ2n) is 5.99. The Hall–Kier alpha value is -2.48. The van der Waals surface area contributed by atoms with Gasteiger partial charge in [0.05, 0.1) is 24.8 Å². The minimum Gasteiger partial charge on any atom is -0.450 e. The highest BCUT2D eigenvalue weighted by Gasteiger charge is 2.43. The van der Waals surface area contributed by atoms with Crippen LogP contribution in [0.2, 0.25) is 0 Å². The van der Waals surface area contributed by atoms with Crippen LogP contribution in [0.5, 0.6) is 0 Å². The molecule has 1 aromatic carbocycles. The van der Waals surface area contributed by atoms with Gasteiger partial charge >= 0.3 is 6.09 Å². The monoisotopic (exact) mass is 349 g/mol. The molecule has 1 unspecified atom stereocenters. The summed E-state index contributed by atoms with van der Waals surface area (Å²) in [6.07, 6.45) is -0.299. The highest BCUT2D eigenvalue weighted by atomic mass is 19.1. The number of hydrogen-bond acceptors (Lipinski definition) is 5. The summed E-state index contributed by atoms with van der Waals surface area (Å²) in [5, 5.41) is 0. The SMILES string of the molecule is CCOC(=O)N1CCN(C2CC(=O)N(c3cccc(F)c3)C2=O)CC1. The fourth-order valence-corrected chi connectivity index (χ4v) is 3.22. The van der Waals surface area contributed by atoms with E-state index in [-0.39, 0.29) is 30.0 Å². The van der Waals surface area contributed by atoms with Gasteiger partial charge in [0.1, 0.15) is 5.82 Å². The Labute approximate surface area is 144 Å². The molecular weight excluding hydrogens is 329 g/mol. The molecule has 0 saturated carbocycles. The van der Waals surface area contributed by atoms with E-state index in [1.165, 1.54) is 18.2 Å². The van der Waals surface area contributed by atoms with Crippen LogP contribution in [0.4, 0.5) is 14.9 Å². The van der Waals surface area contributed by atoms with Crippen molar-refractivity contribution in [1.82, 2.24) is 9.80 Å². The number of carbonyl (C=O) groups excluding carboxylic acids is 3. The average molecular weight is 349 g/mol. The first-order valence-electron chi connectivity index (χ1n) is 8.29. The lowest BCUT2D eigenvalue weighted by atomic mass is 10.2.